The molecule has 2 heterocycles. The summed E-state index contributed by atoms with van der Waals surface area (Å²) in [6, 6.07) is 7.35. The van der Waals surface area contributed by atoms with Crippen LogP contribution >= 0.6 is 0 Å². The Morgan fingerprint density at radius 3 is 2.55 bits per heavy atom. The van der Waals surface area contributed by atoms with Crippen molar-refractivity contribution in [1.82, 2.24) is 0 Å². The van der Waals surface area contributed by atoms with E-state index in [1.165, 1.54) is 31.4 Å². The van der Waals surface area contributed by atoms with E-state index >= 15 is 0 Å². The van der Waals surface area contributed by atoms with Crippen molar-refractivity contribution >= 4 is 32.9 Å². The van der Waals surface area contributed by atoms with Gasteiger partial charge in [-0.15, -0.1) is 0 Å². The maximum Gasteiger partial charge on any atom is 0.348 e. The Morgan fingerprint density at radius 2 is 1.77 bits per heavy atom. The zero-order chi connectivity index (χ0) is 15.4. The molecule has 0 aliphatic heterocycles. The molecule has 0 aliphatic carbocycles. The second kappa shape index (κ2) is 4.17. The maximum atomic E-state index is 12.3. The zero-order valence-corrected chi connectivity index (χ0v) is 11.4. The van der Waals surface area contributed by atoms with Crippen LogP contribution in [0.1, 0.15) is 0 Å². The number of fused-ring (bicyclic) bond motifs is 5. The molecule has 0 spiro atoms. The highest BCUT2D eigenvalue weighted by Crippen LogP contribution is 2.38. The van der Waals surface area contributed by atoms with Gasteiger partial charge in [-0.3, -0.25) is 0 Å². The van der Waals surface area contributed by atoms with Gasteiger partial charge in [-0.2, -0.15) is 0 Å². The first-order chi connectivity index (χ1) is 10.6. The Balaban J connectivity index is 2.26. The largest absolute Gasteiger partial charge is 0.508 e. The van der Waals surface area contributed by atoms with Crippen molar-refractivity contribution in [2.45, 2.75) is 0 Å². The van der Waals surface area contributed by atoms with Gasteiger partial charge in [0.05, 0.1) is 12.5 Å². The zero-order valence-electron chi connectivity index (χ0n) is 11.4. The van der Waals surface area contributed by atoms with Gasteiger partial charge in [-0.1, -0.05) is 0 Å². The summed E-state index contributed by atoms with van der Waals surface area (Å²) in [7, 11) is 1.42. The van der Waals surface area contributed by atoms with Crippen molar-refractivity contribution < 1.29 is 23.8 Å². The van der Waals surface area contributed by atoms with E-state index < -0.39 is 5.63 Å². The number of phenolic OH excluding ortho intramolecular Hbond substituents is 2. The summed E-state index contributed by atoms with van der Waals surface area (Å²) in [6.07, 6.45) is 0. The molecular formula is C16H10O6. The lowest BCUT2D eigenvalue weighted by Gasteiger charge is -2.01. The van der Waals surface area contributed by atoms with Crippen LogP contribution in [-0.2, 0) is 0 Å². The second-order valence-electron chi connectivity index (χ2n) is 4.90. The minimum atomic E-state index is -0.584. The molecule has 0 fully saturated rings. The van der Waals surface area contributed by atoms with Gasteiger partial charge >= 0.3 is 5.63 Å². The van der Waals surface area contributed by atoms with Crippen LogP contribution in [0.3, 0.4) is 0 Å². The number of hydrogen-bond acceptors (Lipinski definition) is 6. The number of hydrogen-bond donors (Lipinski definition) is 2. The molecule has 4 aromatic rings. The van der Waals surface area contributed by atoms with Crippen LogP contribution in [0.15, 0.2) is 44.0 Å². The normalized spacial score (nSPS) is 11.5. The topological polar surface area (TPSA) is 93.0 Å². The molecule has 2 aromatic heterocycles. The molecule has 0 bridgehead atoms. The van der Waals surface area contributed by atoms with Gasteiger partial charge in [0.15, 0.2) is 17.1 Å². The quantitative estimate of drug-likeness (QED) is 0.524. The average molecular weight is 298 g/mol. The molecule has 0 aliphatic rings. The van der Waals surface area contributed by atoms with Crippen LogP contribution < -0.4 is 10.4 Å². The van der Waals surface area contributed by atoms with Crippen LogP contribution in [0.2, 0.25) is 0 Å². The number of phenols is 2. The van der Waals surface area contributed by atoms with Gasteiger partial charge in [0.2, 0.25) is 0 Å². The summed E-state index contributed by atoms with van der Waals surface area (Å²) < 4.78 is 16.0. The summed E-state index contributed by atoms with van der Waals surface area (Å²) in [5.74, 6) is 0.145. The van der Waals surface area contributed by atoms with Gasteiger partial charge in [0.25, 0.3) is 0 Å². The molecule has 2 N–H and O–H groups in total. The van der Waals surface area contributed by atoms with E-state index in [0.717, 1.165) is 0 Å². The molecule has 0 unspecified atom stereocenters. The van der Waals surface area contributed by atoms with Crippen molar-refractivity contribution in [3.63, 3.8) is 0 Å². The van der Waals surface area contributed by atoms with Crippen molar-refractivity contribution in [2.24, 2.45) is 0 Å². The van der Waals surface area contributed by atoms with Crippen molar-refractivity contribution in [3.8, 4) is 17.2 Å². The van der Waals surface area contributed by atoms with E-state index in [-0.39, 0.29) is 28.2 Å². The molecule has 22 heavy (non-hydrogen) atoms. The predicted molar refractivity (Wildman–Crippen MR) is 79.6 cm³/mol. The Kier molecular flexibility index (Phi) is 2.39. The number of furan rings is 1. The van der Waals surface area contributed by atoms with E-state index in [2.05, 4.69) is 0 Å². The smallest absolute Gasteiger partial charge is 0.348 e. The summed E-state index contributed by atoms with van der Waals surface area (Å²) in [5.41, 5.74) is 0.336. The standard InChI is InChI=1S/C16H10O6/c1-20-13-5-9-12(6-10(13)18)21-15-8-3-2-7(17)4-11(8)22-16(19)14(9)15/h2-6,17-18H,1H3. The van der Waals surface area contributed by atoms with Crippen molar-refractivity contribution in [2.75, 3.05) is 7.11 Å². The molecule has 0 saturated heterocycles. The highest BCUT2D eigenvalue weighted by Gasteiger charge is 2.18. The molecule has 2 aromatic carbocycles. The van der Waals surface area contributed by atoms with Gasteiger partial charge in [0, 0.05) is 17.5 Å². The third kappa shape index (κ3) is 1.57. The molecule has 6 nitrogen and oxygen atoms in total. The van der Waals surface area contributed by atoms with E-state index in [0.29, 0.717) is 21.9 Å². The van der Waals surface area contributed by atoms with Gasteiger partial charge < -0.3 is 23.8 Å². The summed E-state index contributed by atoms with van der Waals surface area (Å²) in [4.78, 5) is 12.3. The van der Waals surface area contributed by atoms with Crippen LogP contribution in [0, 0.1) is 0 Å². The first-order valence-electron chi connectivity index (χ1n) is 6.47. The lowest BCUT2D eigenvalue weighted by molar-refractivity contribution is 0.374. The monoisotopic (exact) mass is 298 g/mol. The predicted octanol–water partition coefficient (Wildman–Crippen LogP) is 3.11. The number of benzene rings is 2. The Bertz CT molecular complexity index is 1100. The molecular weight excluding hydrogens is 288 g/mol. The van der Waals surface area contributed by atoms with Crippen LogP contribution in [0.4, 0.5) is 0 Å². The second-order valence-corrected chi connectivity index (χ2v) is 4.90. The van der Waals surface area contributed by atoms with Gasteiger partial charge in [-0.25, -0.2) is 4.79 Å². The fourth-order valence-corrected chi connectivity index (χ4v) is 2.60. The third-order valence-corrected chi connectivity index (χ3v) is 3.61. The Morgan fingerprint density at radius 1 is 1.00 bits per heavy atom. The lowest BCUT2D eigenvalue weighted by atomic mass is 10.1. The average Bonchev–Trinajstić information content (AvgIpc) is 2.84. The van der Waals surface area contributed by atoms with Crippen LogP contribution in [0.25, 0.3) is 32.9 Å². The first kappa shape index (κ1) is 12.6. The molecule has 0 saturated carbocycles. The lowest BCUT2D eigenvalue weighted by Crippen LogP contribution is -1.98. The van der Waals surface area contributed by atoms with Crippen molar-refractivity contribution in [1.29, 1.82) is 0 Å². The van der Waals surface area contributed by atoms with E-state index in [9.17, 15) is 15.0 Å². The fourth-order valence-electron chi connectivity index (χ4n) is 2.60. The van der Waals surface area contributed by atoms with Crippen LogP contribution in [-0.4, -0.2) is 17.3 Å². The molecule has 4 rings (SSSR count). The number of aromatic hydroxyl groups is 2. The van der Waals surface area contributed by atoms with E-state index in [1.807, 2.05) is 0 Å². The fraction of sp³-hybridized carbons (Fsp3) is 0.0625. The van der Waals surface area contributed by atoms with E-state index in [1.54, 1.807) is 6.07 Å². The van der Waals surface area contributed by atoms with E-state index in [4.69, 9.17) is 13.6 Å². The first-order valence-corrected chi connectivity index (χ1v) is 6.47. The number of rotatable bonds is 1. The molecule has 0 radical (unpaired) electrons. The Labute approximate surface area is 122 Å². The highest BCUT2D eigenvalue weighted by molar-refractivity contribution is 6.13. The maximum absolute atomic E-state index is 12.3. The number of ether oxygens (including phenoxy) is 1. The Hall–Kier alpha value is -3.15. The number of methoxy groups -OCH3 is 1. The minimum Gasteiger partial charge on any atom is -0.508 e. The van der Waals surface area contributed by atoms with Gasteiger partial charge in [0.1, 0.15) is 22.3 Å². The van der Waals surface area contributed by atoms with Gasteiger partial charge in [-0.05, 0) is 18.2 Å². The molecule has 6 heteroatoms. The van der Waals surface area contributed by atoms with Crippen molar-refractivity contribution in [3.05, 3.63) is 40.8 Å². The highest BCUT2D eigenvalue weighted by atomic mass is 16.5. The summed E-state index contributed by atoms with van der Waals surface area (Å²) in [5, 5.41) is 20.6. The third-order valence-electron chi connectivity index (χ3n) is 3.61. The summed E-state index contributed by atoms with van der Waals surface area (Å²) >= 11 is 0. The molecule has 0 amide bonds. The summed E-state index contributed by atoms with van der Waals surface area (Å²) in [6.45, 7) is 0. The minimum absolute atomic E-state index is 0.00887. The molecule has 0 atom stereocenters. The molecule has 110 valence electrons. The SMILES string of the molecule is COc1cc2c(cc1O)oc1c3ccc(O)cc3oc(=O)c21. The van der Waals surface area contributed by atoms with Crippen LogP contribution in [0.5, 0.6) is 17.2 Å².